The van der Waals surface area contributed by atoms with Gasteiger partial charge in [-0.15, -0.1) is 21.5 Å². The number of phenolic OH excluding ortho intramolecular Hbond substituents is 1. The topological polar surface area (TPSA) is 96.2 Å². The van der Waals surface area contributed by atoms with E-state index in [9.17, 15) is 9.90 Å². The van der Waals surface area contributed by atoms with Crippen LogP contribution in [0, 0.1) is 5.41 Å². The number of ketones is 1. The van der Waals surface area contributed by atoms with Crippen molar-refractivity contribution in [1.29, 1.82) is 5.41 Å². The van der Waals surface area contributed by atoms with E-state index < -0.39 is 5.92 Å². The number of halogens is 1. The first-order chi connectivity index (χ1) is 11.9. The third-order valence-corrected chi connectivity index (χ3v) is 6.32. The van der Waals surface area contributed by atoms with Crippen LogP contribution in [-0.2, 0) is 11.2 Å². The third kappa shape index (κ3) is 3.49. The van der Waals surface area contributed by atoms with Gasteiger partial charge in [-0.05, 0) is 46.1 Å². The molecule has 2 aromatic rings. The maximum absolute atomic E-state index is 12.7. The lowest BCUT2D eigenvalue weighted by molar-refractivity contribution is -0.114. The number of ether oxygens (including phenoxy) is 1. The fourth-order valence-electron chi connectivity index (χ4n) is 2.32. The normalized spacial score (nSPS) is 19.0. The van der Waals surface area contributed by atoms with Crippen LogP contribution in [0.4, 0.5) is 0 Å². The highest BCUT2D eigenvalue weighted by molar-refractivity contribution is 9.10. The van der Waals surface area contributed by atoms with Gasteiger partial charge in [-0.2, -0.15) is 0 Å². The van der Waals surface area contributed by atoms with E-state index in [-0.39, 0.29) is 16.6 Å². The molecule has 1 saturated heterocycles. The fourth-order valence-corrected chi connectivity index (χ4v) is 4.74. The quantitative estimate of drug-likeness (QED) is 0.698. The Balaban J connectivity index is 1.94. The molecule has 3 rings (SSSR count). The average molecular weight is 440 g/mol. The van der Waals surface area contributed by atoms with Crippen molar-refractivity contribution in [3.63, 3.8) is 0 Å². The molecule has 2 N–H and O–H groups in total. The van der Waals surface area contributed by atoms with Gasteiger partial charge in [-0.1, -0.05) is 18.7 Å². The number of phenols is 1. The van der Waals surface area contributed by atoms with Crippen molar-refractivity contribution in [2.75, 3.05) is 7.11 Å². The van der Waals surface area contributed by atoms with Crippen molar-refractivity contribution in [1.82, 2.24) is 10.2 Å². The number of hydrogen-bond donors (Lipinski definition) is 2. The van der Waals surface area contributed by atoms with Crippen molar-refractivity contribution >= 4 is 55.9 Å². The van der Waals surface area contributed by atoms with Crippen LogP contribution in [0.2, 0.25) is 0 Å². The summed E-state index contributed by atoms with van der Waals surface area (Å²) in [6.45, 7) is 1.97. The van der Waals surface area contributed by atoms with E-state index in [0.717, 1.165) is 23.2 Å². The molecule has 0 saturated carbocycles. The van der Waals surface area contributed by atoms with Gasteiger partial charge in [0.1, 0.15) is 15.9 Å². The lowest BCUT2D eigenvalue weighted by atomic mass is 10.1. The van der Waals surface area contributed by atoms with Gasteiger partial charge < -0.3 is 9.84 Å². The highest BCUT2D eigenvalue weighted by atomic mass is 79.9. The molecular formula is C16H14BrN3O3S2. The summed E-state index contributed by atoms with van der Waals surface area (Å²) in [4.78, 5) is 13.2. The number of benzene rings is 1. The number of rotatable bonds is 4. The molecule has 1 atom stereocenters. The summed E-state index contributed by atoms with van der Waals surface area (Å²) in [7, 11) is 1.46. The second kappa shape index (κ2) is 7.27. The molecule has 0 radical (unpaired) electrons. The van der Waals surface area contributed by atoms with Gasteiger partial charge in [0.25, 0.3) is 0 Å². The van der Waals surface area contributed by atoms with E-state index in [1.165, 1.54) is 18.4 Å². The molecule has 0 amide bonds. The molecule has 1 aromatic heterocycles. The summed E-state index contributed by atoms with van der Waals surface area (Å²) in [5, 5.41) is 27.8. The lowest BCUT2D eigenvalue weighted by Gasteiger charge is -2.07. The number of aryl methyl sites for hydroxylation is 1. The number of carbonyl (C=O) groups is 1. The number of carbonyl (C=O) groups excluding carboxylic acids is 1. The van der Waals surface area contributed by atoms with Crippen LogP contribution in [0.3, 0.4) is 0 Å². The van der Waals surface area contributed by atoms with Gasteiger partial charge in [0.2, 0.25) is 0 Å². The number of hydrogen-bond acceptors (Lipinski definition) is 8. The summed E-state index contributed by atoms with van der Waals surface area (Å²) >= 11 is 5.76. The number of Topliss-reactive ketones (excluding diaryl/α,β-unsaturated/α-hetero) is 1. The minimum Gasteiger partial charge on any atom is -0.503 e. The van der Waals surface area contributed by atoms with Crippen molar-refractivity contribution in [3.05, 3.63) is 37.1 Å². The maximum Gasteiger partial charge on any atom is 0.186 e. The van der Waals surface area contributed by atoms with Gasteiger partial charge >= 0.3 is 0 Å². The summed E-state index contributed by atoms with van der Waals surface area (Å²) < 4.78 is 5.59. The van der Waals surface area contributed by atoms with E-state index in [1.807, 2.05) is 6.92 Å². The number of allylic oxidation sites excluding steroid dienone is 1. The van der Waals surface area contributed by atoms with Crippen molar-refractivity contribution < 1.29 is 14.6 Å². The van der Waals surface area contributed by atoms with Crippen LogP contribution in [-0.4, -0.2) is 33.2 Å². The molecule has 0 spiro atoms. The zero-order chi connectivity index (χ0) is 18.1. The van der Waals surface area contributed by atoms with E-state index in [0.29, 0.717) is 25.7 Å². The minimum absolute atomic E-state index is 0.00151. The molecule has 1 aliphatic rings. The molecule has 9 heteroatoms. The van der Waals surface area contributed by atoms with Gasteiger partial charge in [-0.3, -0.25) is 10.2 Å². The van der Waals surface area contributed by atoms with Crippen LogP contribution < -0.4 is 4.74 Å². The highest BCUT2D eigenvalue weighted by Crippen LogP contribution is 2.42. The Hall–Kier alpha value is -1.71. The van der Waals surface area contributed by atoms with Crippen LogP contribution in [0.25, 0.3) is 6.08 Å². The molecule has 1 aromatic carbocycles. The van der Waals surface area contributed by atoms with Crippen LogP contribution in [0.5, 0.6) is 11.5 Å². The predicted octanol–water partition coefficient (Wildman–Crippen LogP) is 4.00. The van der Waals surface area contributed by atoms with Gasteiger partial charge in [0, 0.05) is 0 Å². The standard InChI is InChI=1S/C16H14BrN3O3S2/c1-3-11-19-20-16(25-11)12-14(22)10(24-15(12)18)6-7-4-8(17)13(21)9(5-7)23-2/h4-6,12,18,21H,3H2,1-2H3. The minimum atomic E-state index is -0.670. The molecular weight excluding hydrogens is 426 g/mol. The van der Waals surface area contributed by atoms with Crippen molar-refractivity contribution in [3.8, 4) is 11.5 Å². The van der Waals surface area contributed by atoms with E-state index in [1.54, 1.807) is 18.2 Å². The summed E-state index contributed by atoms with van der Waals surface area (Å²) in [6, 6.07) is 3.33. The number of aromatic nitrogens is 2. The molecule has 1 aliphatic heterocycles. The molecule has 0 bridgehead atoms. The van der Waals surface area contributed by atoms with Crippen LogP contribution in [0.1, 0.15) is 28.4 Å². The Kier molecular flexibility index (Phi) is 5.26. The zero-order valence-corrected chi connectivity index (χ0v) is 16.6. The molecule has 6 nitrogen and oxygen atoms in total. The predicted molar refractivity (Wildman–Crippen MR) is 103 cm³/mol. The largest absolute Gasteiger partial charge is 0.503 e. The van der Waals surface area contributed by atoms with Gasteiger partial charge in [0.15, 0.2) is 17.3 Å². The Labute approximate surface area is 161 Å². The Morgan fingerprint density at radius 3 is 2.84 bits per heavy atom. The van der Waals surface area contributed by atoms with Crippen LogP contribution >= 0.6 is 39.0 Å². The fraction of sp³-hybridized carbons (Fsp3) is 0.250. The van der Waals surface area contributed by atoms with Gasteiger partial charge in [0.05, 0.1) is 21.5 Å². The van der Waals surface area contributed by atoms with Crippen molar-refractivity contribution in [2.24, 2.45) is 0 Å². The monoisotopic (exact) mass is 439 g/mol. The third-order valence-electron chi connectivity index (χ3n) is 3.59. The van der Waals surface area contributed by atoms with E-state index in [4.69, 9.17) is 10.1 Å². The first-order valence-electron chi connectivity index (χ1n) is 7.35. The maximum atomic E-state index is 12.7. The van der Waals surface area contributed by atoms with E-state index >= 15 is 0 Å². The lowest BCUT2D eigenvalue weighted by Crippen LogP contribution is -2.11. The Bertz CT molecular complexity index is 895. The molecule has 1 unspecified atom stereocenters. The smallest absolute Gasteiger partial charge is 0.186 e. The first kappa shape index (κ1) is 18.1. The molecule has 0 aliphatic carbocycles. The second-order valence-corrected chi connectivity index (χ2v) is 8.25. The molecule has 25 heavy (non-hydrogen) atoms. The number of nitrogens with zero attached hydrogens (tertiary/aromatic N) is 2. The highest BCUT2D eigenvalue weighted by Gasteiger charge is 2.39. The van der Waals surface area contributed by atoms with Crippen LogP contribution in [0.15, 0.2) is 21.5 Å². The summed E-state index contributed by atoms with van der Waals surface area (Å²) in [5.74, 6) is -0.518. The summed E-state index contributed by atoms with van der Waals surface area (Å²) in [5.41, 5.74) is 0.692. The average Bonchev–Trinajstić information content (AvgIpc) is 3.15. The summed E-state index contributed by atoms with van der Waals surface area (Å²) in [6.07, 6.45) is 2.44. The molecule has 2 heterocycles. The zero-order valence-electron chi connectivity index (χ0n) is 13.4. The number of methoxy groups -OCH3 is 1. The number of nitrogens with one attached hydrogen (secondary N) is 1. The molecule has 1 fully saturated rings. The SMILES string of the molecule is CCc1nnc(C2C(=N)SC(=Cc3cc(Br)c(O)c(OC)c3)C2=O)s1. The first-order valence-corrected chi connectivity index (χ1v) is 9.78. The molecule has 130 valence electrons. The number of thioether (sulfide) groups is 1. The Morgan fingerprint density at radius 2 is 2.20 bits per heavy atom. The van der Waals surface area contributed by atoms with E-state index in [2.05, 4.69) is 26.1 Å². The second-order valence-electron chi connectivity index (χ2n) is 5.21. The van der Waals surface area contributed by atoms with Crippen molar-refractivity contribution in [2.45, 2.75) is 19.3 Å². The van der Waals surface area contributed by atoms with Gasteiger partial charge in [-0.25, -0.2) is 0 Å². The number of aromatic hydroxyl groups is 1. The Morgan fingerprint density at radius 1 is 1.44 bits per heavy atom.